The molecular weight excluding hydrogens is 246 g/mol. The topological polar surface area (TPSA) is 69.4 Å². The van der Waals surface area contributed by atoms with Crippen molar-refractivity contribution in [3.05, 3.63) is 11.7 Å². The van der Waals surface area contributed by atoms with Crippen LogP contribution in [0.15, 0.2) is 4.52 Å². The van der Waals surface area contributed by atoms with Gasteiger partial charge in [-0.3, -0.25) is 0 Å². The molecule has 2 rings (SSSR count). The molecule has 0 atom stereocenters. The van der Waals surface area contributed by atoms with Gasteiger partial charge in [0.2, 0.25) is 11.7 Å². The highest BCUT2D eigenvalue weighted by Crippen LogP contribution is 2.33. The van der Waals surface area contributed by atoms with E-state index in [1.54, 1.807) is 7.11 Å². The van der Waals surface area contributed by atoms with Crippen LogP contribution in [0.1, 0.15) is 38.4 Å². The van der Waals surface area contributed by atoms with Crippen LogP contribution in [-0.4, -0.2) is 43.1 Å². The molecule has 108 valence electrons. The van der Waals surface area contributed by atoms with E-state index >= 15 is 0 Å². The Kier molecular flexibility index (Phi) is 4.90. The summed E-state index contributed by atoms with van der Waals surface area (Å²) < 4.78 is 16.3. The molecule has 1 aromatic rings. The van der Waals surface area contributed by atoms with Crippen molar-refractivity contribution in [2.45, 2.75) is 44.8 Å². The Balaban J connectivity index is 1.98. The standard InChI is InChI=1S/C13H23N3O3/c1-10(2)14-7-4-11-15-12(16-19-11)13(17-3)5-8-18-9-6-13/h10,14H,4-9H2,1-3H3. The normalized spacial score (nSPS) is 18.9. The minimum atomic E-state index is -0.439. The van der Waals surface area contributed by atoms with Crippen LogP contribution in [-0.2, 0) is 21.5 Å². The van der Waals surface area contributed by atoms with E-state index in [1.807, 2.05) is 0 Å². The first-order chi connectivity index (χ1) is 9.16. The Bertz CT molecular complexity index is 386. The Morgan fingerprint density at radius 3 is 2.74 bits per heavy atom. The van der Waals surface area contributed by atoms with Gasteiger partial charge in [0.05, 0.1) is 0 Å². The lowest BCUT2D eigenvalue weighted by Gasteiger charge is -2.32. The maximum Gasteiger partial charge on any atom is 0.228 e. The third-order valence-electron chi connectivity index (χ3n) is 3.46. The van der Waals surface area contributed by atoms with Crippen molar-refractivity contribution >= 4 is 0 Å². The largest absolute Gasteiger partial charge is 0.381 e. The van der Waals surface area contributed by atoms with Crippen LogP contribution in [0.3, 0.4) is 0 Å². The molecule has 19 heavy (non-hydrogen) atoms. The first-order valence-electron chi connectivity index (χ1n) is 6.85. The molecule has 1 N–H and O–H groups in total. The summed E-state index contributed by atoms with van der Waals surface area (Å²) in [4.78, 5) is 4.48. The molecule has 1 aliphatic rings. The Hall–Kier alpha value is -0.980. The van der Waals surface area contributed by atoms with Crippen LogP contribution >= 0.6 is 0 Å². The van der Waals surface area contributed by atoms with E-state index in [9.17, 15) is 0 Å². The molecule has 0 radical (unpaired) electrons. The molecule has 2 heterocycles. The van der Waals surface area contributed by atoms with Gasteiger partial charge >= 0.3 is 0 Å². The summed E-state index contributed by atoms with van der Waals surface area (Å²) in [6.45, 7) is 6.41. The Morgan fingerprint density at radius 1 is 1.37 bits per heavy atom. The van der Waals surface area contributed by atoms with Crippen molar-refractivity contribution in [3.8, 4) is 0 Å². The van der Waals surface area contributed by atoms with E-state index in [0.717, 1.165) is 25.8 Å². The third kappa shape index (κ3) is 3.52. The third-order valence-corrected chi connectivity index (χ3v) is 3.46. The number of ether oxygens (including phenoxy) is 2. The number of rotatable bonds is 6. The van der Waals surface area contributed by atoms with Crippen LogP contribution in [0.25, 0.3) is 0 Å². The molecule has 1 aliphatic heterocycles. The molecule has 0 aromatic carbocycles. The first-order valence-corrected chi connectivity index (χ1v) is 6.85. The van der Waals surface area contributed by atoms with Gasteiger partial charge in [-0.1, -0.05) is 19.0 Å². The van der Waals surface area contributed by atoms with Crippen molar-refractivity contribution in [3.63, 3.8) is 0 Å². The quantitative estimate of drug-likeness (QED) is 0.838. The molecule has 1 aromatic heterocycles. The highest BCUT2D eigenvalue weighted by Gasteiger charge is 2.39. The lowest BCUT2D eigenvalue weighted by molar-refractivity contribution is -0.101. The second-order valence-electron chi connectivity index (χ2n) is 5.18. The van der Waals surface area contributed by atoms with Gasteiger partial charge < -0.3 is 19.3 Å². The smallest absolute Gasteiger partial charge is 0.228 e. The highest BCUT2D eigenvalue weighted by atomic mass is 16.5. The van der Waals surface area contributed by atoms with Crippen LogP contribution in [0, 0.1) is 0 Å². The van der Waals surface area contributed by atoms with E-state index in [4.69, 9.17) is 14.0 Å². The fourth-order valence-electron chi connectivity index (χ4n) is 2.23. The number of nitrogens with one attached hydrogen (secondary N) is 1. The maximum atomic E-state index is 5.64. The summed E-state index contributed by atoms with van der Waals surface area (Å²) in [5, 5.41) is 7.41. The molecule has 1 saturated heterocycles. The van der Waals surface area contributed by atoms with E-state index in [0.29, 0.717) is 31.0 Å². The molecule has 0 bridgehead atoms. The fourth-order valence-corrected chi connectivity index (χ4v) is 2.23. The first kappa shape index (κ1) is 14.4. The summed E-state index contributed by atoms with van der Waals surface area (Å²) in [7, 11) is 1.70. The molecular formula is C13H23N3O3. The van der Waals surface area contributed by atoms with Crippen molar-refractivity contribution in [2.24, 2.45) is 0 Å². The lowest BCUT2D eigenvalue weighted by Crippen LogP contribution is -2.36. The molecule has 6 heteroatoms. The Morgan fingerprint density at radius 2 is 2.11 bits per heavy atom. The number of aromatic nitrogens is 2. The monoisotopic (exact) mass is 269 g/mol. The summed E-state index contributed by atoms with van der Waals surface area (Å²) in [5.41, 5.74) is -0.439. The lowest BCUT2D eigenvalue weighted by atomic mass is 9.93. The summed E-state index contributed by atoms with van der Waals surface area (Å²) in [5.74, 6) is 1.31. The number of hydrogen-bond acceptors (Lipinski definition) is 6. The van der Waals surface area contributed by atoms with Crippen LogP contribution in [0.5, 0.6) is 0 Å². The summed E-state index contributed by atoms with van der Waals surface area (Å²) >= 11 is 0. The molecule has 0 saturated carbocycles. The van der Waals surface area contributed by atoms with Crippen LogP contribution in [0.2, 0.25) is 0 Å². The minimum absolute atomic E-state index is 0.439. The van der Waals surface area contributed by atoms with Gasteiger partial charge in [-0.25, -0.2) is 0 Å². The number of hydrogen-bond donors (Lipinski definition) is 1. The van der Waals surface area contributed by atoms with Crippen LogP contribution < -0.4 is 5.32 Å². The maximum absolute atomic E-state index is 5.64. The van der Waals surface area contributed by atoms with Gasteiger partial charge in [-0.15, -0.1) is 0 Å². The van der Waals surface area contributed by atoms with E-state index < -0.39 is 5.60 Å². The molecule has 0 unspecified atom stereocenters. The zero-order valence-corrected chi connectivity index (χ0v) is 11.9. The van der Waals surface area contributed by atoms with E-state index in [2.05, 4.69) is 29.3 Å². The van der Waals surface area contributed by atoms with Crippen molar-refractivity contribution in [1.82, 2.24) is 15.5 Å². The predicted octanol–water partition coefficient (Wildman–Crippen LogP) is 1.26. The molecule has 6 nitrogen and oxygen atoms in total. The summed E-state index contributed by atoms with van der Waals surface area (Å²) in [6.07, 6.45) is 2.28. The SMILES string of the molecule is COC1(c2noc(CCNC(C)C)n2)CCOCC1. The van der Waals surface area contributed by atoms with Gasteiger partial charge in [0.1, 0.15) is 5.60 Å². The van der Waals surface area contributed by atoms with Gasteiger partial charge in [0.15, 0.2) is 0 Å². The van der Waals surface area contributed by atoms with E-state index in [1.165, 1.54) is 0 Å². The fraction of sp³-hybridized carbons (Fsp3) is 0.846. The van der Waals surface area contributed by atoms with E-state index in [-0.39, 0.29) is 0 Å². The average Bonchev–Trinajstić information content (AvgIpc) is 2.88. The minimum Gasteiger partial charge on any atom is -0.381 e. The second-order valence-corrected chi connectivity index (χ2v) is 5.18. The molecule has 0 spiro atoms. The zero-order valence-electron chi connectivity index (χ0n) is 11.9. The zero-order chi connectivity index (χ0) is 13.7. The average molecular weight is 269 g/mol. The van der Waals surface area contributed by atoms with Gasteiger partial charge in [0.25, 0.3) is 0 Å². The molecule has 0 amide bonds. The molecule has 1 fully saturated rings. The van der Waals surface area contributed by atoms with Gasteiger partial charge in [-0.2, -0.15) is 4.98 Å². The van der Waals surface area contributed by atoms with Crippen molar-refractivity contribution < 1.29 is 14.0 Å². The summed E-state index contributed by atoms with van der Waals surface area (Å²) in [6, 6.07) is 0.461. The van der Waals surface area contributed by atoms with Crippen molar-refractivity contribution in [1.29, 1.82) is 0 Å². The molecule has 0 aliphatic carbocycles. The number of nitrogens with zero attached hydrogens (tertiary/aromatic N) is 2. The van der Waals surface area contributed by atoms with Gasteiger partial charge in [0, 0.05) is 52.2 Å². The second kappa shape index (κ2) is 6.45. The number of methoxy groups -OCH3 is 1. The Labute approximate surface area is 113 Å². The predicted molar refractivity (Wildman–Crippen MR) is 69.9 cm³/mol. The van der Waals surface area contributed by atoms with Gasteiger partial charge in [-0.05, 0) is 0 Å². The van der Waals surface area contributed by atoms with Crippen LogP contribution in [0.4, 0.5) is 0 Å². The van der Waals surface area contributed by atoms with Crippen molar-refractivity contribution in [2.75, 3.05) is 26.9 Å². The highest BCUT2D eigenvalue weighted by molar-refractivity contribution is 5.03.